The molecule has 1 aromatic rings. The third kappa shape index (κ3) is 10.1. The summed E-state index contributed by atoms with van der Waals surface area (Å²) in [5.41, 5.74) is 0.607. The molecule has 142 valence electrons. The molecule has 0 aliphatic rings. The molecule has 0 atom stereocenters. The Kier molecular flexibility index (Phi) is 13.8. The van der Waals surface area contributed by atoms with Gasteiger partial charge in [0, 0.05) is 45.5 Å². The summed E-state index contributed by atoms with van der Waals surface area (Å²) in [6, 6.07) is 7.01. The van der Waals surface area contributed by atoms with Crippen LogP contribution in [0.1, 0.15) is 23.7 Å². The SMILES string of the molecule is CCNC(=NCCCOC)NCCNC(=O)c1ccc(OC)cc1.I. The molecule has 7 nitrogen and oxygen atoms in total. The molecule has 0 radical (unpaired) electrons. The monoisotopic (exact) mass is 464 g/mol. The van der Waals surface area contributed by atoms with Crippen molar-refractivity contribution in [1.29, 1.82) is 0 Å². The molecule has 0 spiro atoms. The van der Waals surface area contributed by atoms with Gasteiger partial charge >= 0.3 is 0 Å². The van der Waals surface area contributed by atoms with Gasteiger partial charge in [0.1, 0.15) is 5.75 Å². The summed E-state index contributed by atoms with van der Waals surface area (Å²) < 4.78 is 10.1. The van der Waals surface area contributed by atoms with Crippen LogP contribution in [0, 0.1) is 0 Å². The first-order valence-corrected chi connectivity index (χ1v) is 8.14. The van der Waals surface area contributed by atoms with E-state index in [2.05, 4.69) is 20.9 Å². The minimum atomic E-state index is -0.110. The zero-order valence-corrected chi connectivity index (χ0v) is 17.5. The molecular weight excluding hydrogens is 435 g/mol. The smallest absolute Gasteiger partial charge is 0.251 e. The molecular formula is C17H29IN4O3. The van der Waals surface area contributed by atoms with Crippen LogP contribution in [0.5, 0.6) is 5.75 Å². The number of rotatable bonds is 10. The maximum atomic E-state index is 12.0. The Balaban J connectivity index is 0.00000576. The van der Waals surface area contributed by atoms with Crippen LogP contribution in [-0.2, 0) is 4.74 Å². The molecule has 0 aromatic heterocycles. The predicted octanol–water partition coefficient (Wildman–Crippen LogP) is 1.63. The number of methoxy groups -OCH3 is 2. The molecule has 25 heavy (non-hydrogen) atoms. The second-order valence-corrected chi connectivity index (χ2v) is 5.02. The van der Waals surface area contributed by atoms with Crippen molar-refractivity contribution in [1.82, 2.24) is 16.0 Å². The summed E-state index contributed by atoms with van der Waals surface area (Å²) in [6.07, 6.45) is 0.876. The number of nitrogens with one attached hydrogen (secondary N) is 3. The first-order valence-electron chi connectivity index (χ1n) is 8.14. The third-order valence-electron chi connectivity index (χ3n) is 3.18. The van der Waals surface area contributed by atoms with Crippen molar-refractivity contribution >= 4 is 35.8 Å². The first-order chi connectivity index (χ1) is 11.7. The average molecular weight is 464 g/mol. The first kappa shape index (κ1) is 23.4. The fraction of sp³-hybridized carbons (Fsp3) is 0.529. The lowest BCUT2D eigenvalue weighted by atomic mass is 10.2. The normalized spacial score (nSPS) is 10.6. The topological polar surface area (TPSA) is 84.0 Å². The summed E-state index contributed by atoms with van der Waals surface area (Å²) in [5, 5.41) is 9.21. The zero-order valence-electron chi connectivity index (χ0n) is 15.1. The number of hydrogen-bond donors (Lipinski definition) is 3. The summed E-state index contributed by atoms with van der Waals surface area (Å²) in [5.74, 6) is 1.36. The standard InChI is InChI=1S/C17H28N4O3.HI/c1-4-18-17(20-10-5-13-23-2)21-12-11-19-16(22)14-6-8-15(24-3)9-7-14;/h6-9H,4-5,10-13H2,1-3H3,(H,19,22)(H2,18,20,21);1H. The fourth-order valence-electron chi connectivity index (χ4n) is 1.94. The lowest BCUT2D eigenvalue weighted by molar-refractivity contribution is 0.0954. The number of carbonyl (C=O) groups is 1. The van der Waals surface area contributed by atoms with Crippen molar-refractivity contribution < 1.29 is 14.3 Å². The molecule has 1 amide bonds. The molecule has 1 aromatic carbocycles. The van der Waals surface area contributed by atoms with Crippen LogP contribution in [0.15, 0.2) is 29.3 Å². The van der Waals surface area contributed by atoms with Crippen LogP contribution in [0.25, 0.3) is 0 Å². The Hall–Kier alpha value is -1.55. The van der Waals surface area contributed by atoms with E-state index < -0.39 is 0 Å². The highest BCUT2D eigenvalue weighted by atomic mass is 127. The summed E-state index contributed by atoms with van der Waals surface area (Å²) in [7, 11) is 3.28. The number of carbonyl (C=O) groups excluding carboxylic acids is 1. The molecule has 0 unspecified atom stereocenters. The van der Waals surface area contributed by atoms with Crippen molar-refractivity contribution in [3.8, 4) is 5.75 Å². The van der Waals surface area contributed by atoms with Crippen LogP contribution in [0.2, 0.25) is 0 Å². The van der Waals surface area contributed by atoms with Gasteiger partial charge in [0.2, 0.25) is 0 Å². The van der Waals surface area contributed by atoms with Gasteiger partial charge in [-0.1, -0.05) is 0 Å². The Labute approximate surface area is 167 Å². The molecule has 0 heterocycles. The van der Waals surface area contributed by atoms with Crippen LogP contribution >= 0.6 is 24.0 Å². The van der Waals surface area contributed by atoms with Gasteiger partial charge in [0.15, 0.2) is 5.96 Å². The molecule has 0 aliphatic heterocycles. The number of nitrogens with zero attached hydrogens (tertiary/aromatic N) is 1. The molecule has 0 bridgehead atoms. The van der Waals surface area contributed by atoms with Gasteiger partial charge < -0.3 is 25.4 Å². The van der Waals surface area contributed by atoms with Gasteiger partial charge in [0.05, 0.1) is 7.11 Å². The van der Waals surface area contributed by atoms with Gasteiger partial charge in [-0.3, -0.25) is 9.79 Å². The number of halogens is 1. The molecule has 0 aliphatic carbocycles. The highest BCUT2D eigenvalue weighted by Gasteiger charge is 2.05. The minimum Gasteiger partial charge on any atom is -0.497 e. The van der Waals surface area contributed by atoms with E-state index in [1.165, 1.54) is 0 Å². The van der Waals surface area contributed by atoms with Crippen LogP contribution < -0.4 is 20.7 Å². The van der Waals surface area contributed by atoms with E-state index in [0.717, 1.165) is 24.7 Å². The maximum absolute atomic E-state index is 12.0. The van der Waals surface area contributed by atoms with Crippen molar-refractivity contribution in [2.24, 2.45) is 4.99 Å². The van der Waals surface area contributed by atoms with E-state index in [4.69, 9.17) is 9.47 Å². The largest absolute Gasteiger partial charge is 0.497 e. The van der Waals surface area contributed by atoms with Gasteiger partial charge in [-0.05, 0) is 37.6 Å². The lowest BCUT2D eigenvalue weighted by Gasteiger charge is -2.12. The Bertz CT molecular complexity index is 509. The third-order valence-corrected chi connectivity index (χ3v) is 3.18. The van der Waals surface area contributed by atoms with E-state index in [1.54, 1.807) is 38.5 Å². The Morgan fingerprint density at radius 2 is 1.76 bits per heavy atom. The number of amides is 1. The second-order valence-electron chi connectivity index (χ2n) is 5.02. The number of guanidine groups is 1. The molecule has 3 N–H and O–H groups in total. The molecule has 0 fully saturated rings. The van der Waals surface area contributed by atoms with Crippen molar-refractivity contribution in [3.05, 3.63) is 29.8 Å². The Morgan fingerprint density at radius 3 is 2.36 bits per heavy atom. The quantitative estimate of drug-likeness (QED) is 0.212. The zero-order chi connectivity index (χ0) is 17.6. The number of hydrogen-bond acceptors (Lipinski definition) is 4. The van der Waals surface area contributed by atoms with E-state index in [0.29, 0.717) is 31.8 Å². The van der Waals surface area contributed by atoms with E-state index in [-0.39, 0.29) is 29.9 Å². The van der Waals surface area contributed by atoms with E-state index in [9.17, 15) is 4.79 Å². The number of ether oxygens (including phenoxy) is 2. The summed E-state index contributed by atoms with van der Waals surface area (Å²) >= 11 is 0. The number of aliphatic imine (C=N–C) groups is 1. The summed E-state index contributed by atoms with van der Waals surface area (Å²) in [6.45, 7) is 5.29. The molecule has 8 heteroatoms. The highest BCUT2D eigenvalue weighted by Crippen LogP contribution is 2.10. The van der Waals surface area contributed by atoms with Crippen molar-refractivity contribution in [2.45, 2.75) is 13.3 Å². The maximum Gasteiger partial charge on any atom is 0.251 e. The Morgan fingerprint density at radius 1 is 1.08 bits per heavy atom. The fourth-order valence-corrected chi connectivity index (χ4v) is 1.94. The van der Waals surface area contributed by atoms with E-state index >= 15 is 0 Å². The van der Waals surface area contributed by atoms with Crippen molar-refractivity contribution in [3.63, 3.8) is 0 Å². The van der Waals surface area contributed by atoms with Gasteiger partial charge in [-0.15, -0.1) is 24.0 Å². The predicted molar refractivity (Wildman–Crippen MR) is 111 cm³/mol. The lowest BCUT2D eigenvalue weighted by Crippen LogP contribution is -2.41. The molecule has 0 saturated carbocycles. The molecule has 0 saturated heterocycles. The van der Waals surface area contributed by atoms with Crippen molar-refractivity contribution in [2.75, 3.05) is 47.0 Å². The van der Waals surface area contributed by atoms with Gasteiger partial charge in [-0.25, -0.2) is 0 Å². The summed E-state index contributed by atoms with van der Waals surface area (Å²) in [4.78, 5) is 16.5. The average Bonchev–Trinajstić information content (AvgIpc) is 2.62. The highest BCUT2D eigenvalue weighted by molar-refractivity contribution is 14.0. The van der Waals surface area contributed by atoms with Gasteiger partial charge in [-0.2, -0.15) is 0 Å². The van der Waals surface area contributed by atoms with Crippen LogP contribution in [0.3, 0.4) is 0 Å². The van der Waals surface area contributed by atoms with Gasteiger partial charge in [0.25, 0.3) is 5.91 Å². The second kappa shape index (κ2) is 14.8. The molecule has 1 rings (SSSR count). The number of benzene rings is 1. The van der Waals surface area contributed by atoms with Crippen LogP contribution in [0.4, 0.5) is 0 Å². The van der Waals surface area contributed by atoms with Crippen LogP contribution in [-0.4, -0.2) is 58.9 Å². The van der Waals surface area contributed by atoms with E-state index in [1.807, 2.05) is 6.92 Å². The minimum absolute atomic E-state index is 0.